The zero-order chi connectivity index (χ0) is 17.8. The Labute approximate surface area is 149 Å². The fourth-order valence-corrected chi connectivity index (χ4v) is 3.37. The Bertz CT molecular complexity index is 819. The summed E-state index contributed by atoms with van der Waals surface area (Å²) in [7, 11) is 0. The van der Waals surface area contributed by atoms with E-state index in [0.717, 1.165) is 48.5 Å². The van der Waals surface area contributed by atoms with Gasteiger partial charge in [-0.3, -0.25) is 0 Å². The summed E-state index contributed by atoms with van der Waals surface area (Å²) < 4.78 is 2.14. The average Bonchev–Trinajstić information content (AvgIpc) is 3.02. The van der Waals surface area contributed by atoms with Crippen molar-refractivity contribution in [3.63, 3.8) is 0 Å². The molecule has 0 aliphatic rings. The van der Waals surface area contributed by atoms with Gasteiger partial charge in [0.1, 0.15) is 11.9 Å². The number of aliphatic hydroxyl groups excluding tert-OH is 1. The highest BCUT2D eigenvalue weighted by Crippen LogP contribution is 2.27. The Morgan fingerprint density at radius 2 is 1.68 bits per heavy atom. The third kappa shape index (κ3) is 3.40. The van der Waals surface area contributed by atoms with E-state index in [0.29, 0.717) is 0 Å². The highest BCUT2D eigenvalue weighted by Gasteiger charge is 2.19. The van der Waals surface area contributed by atoms with E-state index in [4.69, 9.17) is 4.98 Å². The predicted octanol–water partition coefficient (Wildman–Crippen LogP) is 4.37. The van der Waals surface area contributed by atoms with Gasteiger partial charge in [0.15, 0.2) is 0 Å². The molecular formula is C21H27N3O. The van der Waals surface area contributed by atoms with E-state index in [-0.39, 0.29) is 0 Å². The molecule has 0 aliphatic carbocycles. The number of rotatable bonds is 7. The predicted molar refractivity (Wildman–Crippen MR) is 104 cm³/mol. The van der Waals surface area contributed by atoms with Crippen LogP contribution in [0.3, 0.4) is 0 Å². The third-order valence-corrected chi connectivity index (χ3v) is 4.71. The number of hydrogen-bond acceptors (Lipinski definition) is 3. The topological polar surface area (TPSA) is 41.3 Å². The summed E-state index contributed by atoms with van der Waals surface area (Å²) in [4.78, 5) is 6.99. The molecule has 1 heterocycles. The lowest BCUT2D eigenvalue weighted by Crippen LogP contribution is -2.21. The summed E-state index contributed by atoms with van der Waals surface area (Å²) in [5.74, 6) is 0.721. The monoisotopic (exact) mass is 337 g/mol. The van der Waals surface area contributed by atoms with Crippen molar-refractivity contribution in [2.75, 3.05) is 18.0 Å². The molecule has 0 saturated heterocycles. The first-order valence-corrected chi connectivity index (χ1v) is 9.17. The van der Waals surface area contributed by atoms with Crippen molar-refractivity contribution in [2.45, 2.75) is 39.8 Å². The van der Waals surface area contributed by atoms with Crippen LogP contribution in [-0.4, -0.2) is 27.7 Å². The van der Waals surface area contributed by atoms with Crippen LogP contribution in [0.5, 0.6) is 0 Å². The number of para-hydroxylation sites is 2. The van der Waals surface area contributed by atoms with Crippen LogP contribution in [0.1, 0.15) is 44.7 Å². The van der Waals surface area contributed by atoms with Crippen molar-refractivity contribution in [1.29, 1.82) is 0 Å². The smallest absolute Gasteiger partial charge is 0.143 e. The molecule has 25 heavy (non-hydrogen) atoms. The minimum Gasteiger partial charge on any atom is -0.380 e. The number of benzene rings is 2. The van der Waals surface area contributed by atoms with Gasteiger partial charge in [-0.2, -0.15) is 0 Å². The maximum absolute atomic E-state index is 10.9. The molecule has 4 nitrogen and oxygen atoms in total. The highest BCUT2D eigenvalue weighted by molar-refractivity contribution is 5.76. The third-order valence-electron chi connectivity index (χ3n) is 4.71. The molecule has 0 unspecified atom stereocenters. The van der Waals surface area contributed by atoms with E-state index < -0.39 is 6.10 Å². The van der Waals surface area contributed by atoms with E-state index >= 15 is 0 Å². The van der Waals surface area contributed by atoms with Crippen LogP contribution in [0.2, 0.25) is 0 Å². The Kier molecular flexibility index (Phi) is 5.39. The number of anilines is 1. The number of fused-ring (bicyclic) bond motifs is 1. The summed E-state index contributed by atoms with van der Waals surface area (Å²) >= 11 is 0. The maximum atomic E-state index is 10.9. The molecule has 0 fully saturated rings. The van der Waals surface area contributed by atoms with Crippen LogP contribution in [0.15, 0.2) is 48.5 Å². The summed E-state index contributed by atoms with van der Waals surface area (Å²) in [6.45, 7) is 9.25. The minimum absolute atomic E-state index is 0.718. The number of aromatic nitrogens is 2. The van der Waals surface area contributed by atoms with Gasteiger partial charge in [0.05, 0.1) is 11.0 Å². The maximum Gasteiger partial charge on any atom is 0.143 e. The molecule has 132 valence electrons. The van der Waals surface area contributed by atoms with Gasteiger partial charge in [-0.1, -0.05) is 31.2 Å². The van der Waals surface area contributed by atoms with Crippen LogP contribution in [-0.2, 0) is 6.54 Å². The van der Waals surface area contributed by atoms with E-state index in [2.05, 4.69) is 48.4 Å². The first-order valence-electron chi connectivity index (χ1n) is 9.17. The van der Waals surface area contributed by atoms with Crippen molar-refractivity contribution < 1.29 is 5.11 Å². The van der Waals surface area contributed by atoms with Crippen molar-refractivity contribution in [3.8, 4) is 0 Å². The lowest BCUT2D eigenvalue weighted by atomic mass is 10.1. The molecule has 1 aromatic heterocycles. The summed E-state index contributed by atoms with van der Waals surface area (Å²) in [5, 5.41) is 10.9. The van der Waals surface area contributed by atoms with Gasteiger partial charge < -0.3 is 14.6 Å². The van der Waals surface area contributed by atoms with E-state index in [9.17, 15) is 5.11 Å². The first-order chi connectivity index (χ1) is 12.2. The molecule has 4 heteroatoms. The van der Waals surface area contributed by atoms with Crippen molar-refractivity contribution in [3.05, 3.63) is 59.9 Å². The number of imidazole rings is 1. The summed E-state index contributed by atoms with van der Waals surface area (Å²) in [5.41, 5.74) is 4.08. The van der Waals surface area contributed by atoms with E-state index in [1.165, 1.54) is 5.69 Å². The normalized spacial score (nSPS) is 12.5. The molecule has 1 N–H and O–H groups in total. The number of aryl methyl sites for hydroxylation is 1. The lowest BCUT2D eigenvalue weighted by Gasteiger charge is -2.21. The van der Waals surface area contributed by atoms with Gasteiger partial charge in [0.2, 0.25) is 0 Å². The molecule has 0 aliphatic heterocycles. The highest BCUT2D eigenvalue weighted by atomic mass is 16.3. The van der Waals surface area contributed by atoms with Gasteiger partial charge in [0.25, 0.3) is 0 Å². The number of hydrogen-bond donors (Lipinski definition) is 1. The lowest BCUT2D eigenvalue weighted by molar-refractivity contribution is 0.205. The molecule has 0 radical (unpaired) electrons. The molecular weight excluding hydrogens is 310 g/mol. The van der Waals surface area contributed by atoms with Crippen LogP contribution in [0, 0.1) is 0 Å². The van der Waals surface area contributed by atoms with Gasteiger partial charge in [0, 0.05) is 25.3 Å². The Morgan fingerprint density at radius 3 is 2.32 bits per heavy atom. The second-order valence-electron chi connectivity index (χ2n) is 6.28. The van der Waals surface area contributed by atoms with Gasteiger partial charge >= 0.3 is 0 Å². The van der Waals surface area contributed by atoms with Crippen LogP contribution < -0.4 is 4.90 Å². The van der Waals surface area contributed by atoms with Gasteiger partial charge in [-0.25, -0.2) is 4.98 Å². The van der Waals surface area contributed by atoms with Crippen molar-refractivity contribution in [2.24, 2.45) is 0 Å². The molecule has 1 atom stereocenters. The Morgan fingerprint density at radius 1 is 1.00 bits per heavy atom. The zero-order valence-electron chi connectivity index (χ0n) is 15.3. The quantitative estimate of drug-likeness (QED) is 0.696. The first kappa shape index (κ1) is 17.5. The van der Waals surface area contributed by atoms with Gasteiger partial charge in [-0.15, -0.1) is 0 Å². The second-order valence-corrected chi connectivity index (χ2v) is 6.28. The average molecular weight is 337 g/mol. The molecule has 0 bridgehead atoms. The SMILES string of the molecule is CCCn1c([C@@H](O)c2ccc(N(CC)CC)cc2)nc2ccccc21. The molecule has 3 aromatic rings. The molecule has 0 saturated carbocycles. The molecule has 2 aromatic carbocycles. The number of nitrogens with zero attached hydrogens (tertiary/aromatic N) is 3. The summed E-state index contributed by atoms with van der Waals surface area (Å²) in [6.07, 6.45) is 0.283. The summed E-state index contributed by atoms with van der Waals surface area (Å²) in [6, 6.07) is 16.3. The molecule has 3 rings (SSSR count). The standard InChI is InChI=1S/C21H27N3O/c1-4-15-24-19-10-8-7-9-18(19)22-21(24)20(25)16-11-13-17(14-12-16)23(5-2)6-3/h7-14,20,25H,4-6,15H2,1-3H3/t20-/m0/s1. The van der Waals surface area contributed by atoms with Crippen molar-refractivity contribution in [1.82, 2.24) is 9.55 Å². The number of aliphatic hydroxyl groups is 1. The van der Waals surface area contributed by atoms with Crippen molar-refractivity contribution >= 4 is 16.7 Å². The minimum atomic E-state index is -0.718. The fraction of sp³-hybridized carbons (Fsp3) is 0.381. The van der Waals surface area contributed by atoms with Crippen LogP contribution in [0.4, 0.5) is 5.69 Å². The van der Waals surface area contributed by atoms with Gasteiger partial charge in [-0.05, 0) is 50.1 Å². The van der Waals surface area contributed by atoms with Crippen LogP contribution in [0.25, 0.3) is 11.0 Å². The second kappa shape index (κ2) is 7.70. The largest absolute Gasteiger partial charge is 0.380 e. The zero-order valence-corrected chi connectivity index (χ0v) is 15.3. The molecule has 0 amide bonds. The van der Waals surface area contributed by atoms with Crippen LogP contribution >= 0.6 is 0 Å². The van der Waals surface area contributed by atoms with E-state index in [1.54, 1.807) is 0 Å². The Balaban J connectivity index is 1.96. The van der Waals surface area contributed by atoms with E-state index in [1.807, 2.05) is 30.3 Å². The Hall–Kier alpha value is -2.33. The fourth-order valence-electron chi connectivity index (χ4n) is 3.37. The molecule has 0 spiro atoms.